The van der Waals surface area contributed by atoms with E-state index in [1.807, 2.05) is 66.7 Å². The van der Waals surface area contributed by atoms with E-state index in [4.69, 9.17) is 9.47 Å². The van der Waals surface area contributed by atoms with Crippen LogP contribution in [-0.4, -0.2) is 65.2 Å². The number of carbonyl (C=O) groups excluding carboxylic acids is 2. The van der Waals surface area contributed by atoms with Crippen LogP contribution in [0, 0.1) is 17.8 Å². The SMILES string of the molecule is O=C1[C@@H]2[C@@H](CC(COc3ccccc3)=C3[C@@H](CC/C(=C/c4cccc(O)c4)c4ccccc4)OC[C@@H]32)C(=O)N1C1CCN(Cc2ccccc2)CC1. The van der Waals surface area contributed by atoms with E-state index in [0.717, 1.165) is 78.9 Å². The first-order chi connectivity index (χ1) is 25.5. The van der Waals surface area contributed by atoms with Crippen LogP contribution in [0.4, 0.5) is 0 Å². The van der Waals surface area contributed by atoms with Crippen molar-refractivity contribution < 1.29 is 24.2 Å². The number of hydrogen-bond acceptors (Lipinski definition) is 6. The first-order valence-electron chi connectivity index (χ1n) is 18.7. The molecule has 0 radical (unpaired) electrons. The molecular formula is C45H46N2O5. The number of allylic oxidation sites excluding steroid dienone is 1. The monoisotopic (exact) mass is 694 g/mol. The second-order valence-electron chi connectivity index (χ2n) is 14.6. The Balaban J connectivity index is 1.03. The van der Waals surface area contributed by atoms with Crippen molar-refractivity contribution in [2.75, 3.05) is 26.3 Å². The topological polar surface area (TPSA) is 79.3 Å². The molecule has 4 aromatic carbocycles. The molecule has 7 nitrogen and oxygen atoms in total. The summed E-state index contributed by atoms with van der Waals surface area (Å²) in [6.45, 7) is 3.40. The maximum absolute atomic E-state index is 14.4. The van der Waals surface area contributed by atoms with E-state index in [9.17, 15) is 14.7 Å². The van der Waals surface area contributed by atoms with Gasteiger partial charge in [-0.25, -0.2) is 0 Å². The van der Waals surface area contributed by atoms with Gasteiger partial charge in [0.1, 0.15) is 18.1 Å². The number of hydrogen-bond donors (Lipinski definition) is 1. The molecule has 1 N–H and O–H groups in total. The molecule has 266 valence electrons. The number of imide groups is 1. The van der Waals surface area contributed by atoms with Crippen LogP contribution in [0.15, 0.2) is 126 Å². The smallest absolute Gasteiger partial charge is 0.234 e. The van der Waals surface area contributed by atoms with E-state index in [2.05, 4.69) is 47.4 Å². The lowest BCUT2D eigenvalue weighted by Crippen LogP contribution is -2.47. The third-order valence-corrected chi connectivity index (χ3v) is 11.4. The van der Waals surface area contributed by atoms with Crippen LogP contribution in [0.5, 0.6) is 11.5 Å². The average molecular weight is 695 g/mol. The zero-order valence-electron chi connectivity index (χ0n) is 29.5. The van der Waals surface area contributed by atoms with Gasteiger partial charge in [0.05, 0.1) is 24.5 Å². The lowest BCUT2D eigenvalue weighted by atomic mass is 9.69. The Morgan fingerprint density at radius 1 is 0.827 bits per heavy atom. The molecule has 4 aliphatic rings. The van der Waals surface area contributed by atoms with Gasteiger partial charge in [0.15, 0.2) is 0 Å². The maximum Gasteiger partial charge on any atom is 0.234 e. The molecule has 0 spiro atoms. The van der Waals surface area contributed by atoms with Crippen LogP contribution in [0.1, 0.15) is 48.8 Å². The third-order valence-electron chi connectivity index (χ3n) is 11.4. The molecule has 0 saturated carbocycles. The number of amides is 2. The Hall–Kier alpha value is -4.98. The molecule has 1 aliphatic carbocycles. The van der Waals surface area contributed by atoms with Gasteiger partial charge in [0.25, 0.3) is 0 Å². The number of benzene rings is 4. The van der Waals surface area contributed by atoms with Crippen LogP contribution in [0.25, 0.3) is 11.6 Å². The fraction of sp³-hybridized carbons (Fsp3) is 0.333. The number of phenolic OH excluding ortho intramolecular Hbond substituents is 1. The lowest BCUT2D eigenvalue weighted by molar-refractivity contribution is -0.144. The van der Waals surface area contributed by atoms with Crippen molar-refractivity contribution >= 4 is 23.5 Å². The Morgan fingerprint density at radius 3 is 2.27 bits per heavy atom. The molecule has 52 heavy (non-hydrogen) atoms. The molecule has 0 bridgehead atoms. The van der Waals surface area contributed by atoms with Crippen LogP contribution < -0.4 is 4.74 Å². The Kier molecular flexibility index (Phi) is 10.1. The fourth-order valence-corrected chi connectivity index (χ4v) is 8.91. The first-order valence-corrected chi connectivity index (χ1v) is 18.7. The summed E-state index contributed by atoms with van der Waals surface area (Å²) in [5, 5.41) is 10.1. The molecule has 7 heteroatoms. The number of aromatic hydroxyl groups is 1. The number of nitrogens with zero attached hydrogens (tertiary/aromatic N) is 2. The van der Waals surface area contributed by atoms with E-state index in [1.54, 1.807) is 17.0 Å². The number of piperidine rings is 1. The predicted octanol–water partition coefficient (Wildman–Crippen LogP) is 7.77. The lowest BCUT2D eigenvalue weighted by Gasteiger charge is -2.36. The van der Waals surface area contributed by atoms with Gasteiger partial charge >= 0.3 is 0 Å². The quantitative estimate of drug-likeness (QED) is 0.0982. The summed E-state index contributed by atoms with van der Waals surface area (Å²) in [6.07, 6.45) is 5.52. The zero-order valence-corrected chi connectivity index (χ0v) is 29.5. The van der Waals surface area contributed by atoms with Crippen molar-refractivity contribution in [1.29, 1.82) is 0 Å². The summed E-state index contributed by atoms with van der Waals surface area (Å²) in [5.74, 6) is 0.0563. The maximum atomic E-state index is 14.4. The van der Waals surface area contributed by atoms with Crippen molar-refractivity contribution in [1.82, 2.24) is 9.80 Å². The van der Waals surface area contributed by atoms with E-state index in [-0.39, 0.29) is 41.5 Å². The minimum atomic E-state index is -0.397. The normalized spacial score (nSPS) is 23.9. The van der Waals surface area contributed by atoms with Gasteiger partial charge in [-0.15, -0.1) is 0 Å². The van der Waals surface area contributed by atoms with Gasteiger partial charge in [0.2, 0.25) is 11.8 Å². The van der Waals surface area contributed by atoms with Gasteiger partial charge < -0.3 is 14.6 Å². The molecule has 3 aliphatic heterocycles. The fourth-order valence-electron chi connectivity index (χ4n) is 8.91. The Morgan fingerprint density at radius 2 is 1.54 bits per heavy atom. The van der Waals surface area contributed by atoms with Gasteiger partial charge in [-0.1, -0.05) is 97.1 Å². The summed E-state index contributed by atoms with van der Waals surface area (Å²) < 4.78 is 12.9. The molecule has 3 fully saturated rings. The number of rotatable bonds is 11. The number of likely N-dealkylation sites (tertiary alicyclic amines) is 2. The number of fused-ring (bicyclic) bond motifs is 3. The minimum absolute atomic E-state index is 0.0138. The second-order valence-corrected chi connectivity index (χ2v) is 14.6. The van der Waals surface area contributed by atoms with Gasteiger partial charge in [0, 0.05) is 31.6 Å². The summed E-state index contributed by atoms with van der Waals surface area (Å²) in [4.78, 5) is 32.7. The minimum Gasteiger partial charge on any atom is -0.508 e. The van der Waals surface area contributed by atoms with Crippen molar-refractivity contribution in [3.05, 3.63) is 143 Å². The molecule has 3 saturated heterocycles. The van der Waals surface area contributed by atoms with Crippen molar-refractivity contribution in [3.8, 4) is 11.5 Å². The van der Waals surface area contributed by atoms with Crippen LogP contribution in [0.2, 0.25) is 0 Å². The highest BCUT2D eigenvalue weighted by atomic mass is 16.5. The summed E-state index contributed by atoms with van der Waals surface area (Å²) in [6, 6.07) is 37.8. The molecule has 0 aromatic heterocycles. The first kappa shape index (κ1) is 34.1. The second kappa shape index (κ2) is 15.3. The third kappa shape index (κ3) is 7.21. The molecule has 3 heterocycles. The van der Waals surface area contributed by atoms with Gasteiger partial charge in [-0.2, -0.15) is 0 Å². The predicted molar refractivity (Wildman–Crippen MR) is 202 cm³/mol. The van der Waals surface area contributed by atoms with Crippen molar-refractivity contribution in [2.24, 2.45) is 17.8 Å². The highest BCUT2D eigenvalue weighted by molar-refractivity contribution is 6.06. The average Bonchev–Trinajstić information content (AvgIpc) is 3.71. The Bertz CT molecular complexity index is 1930. The largest absolute Gasteiger partial charge is 0.508 e. The highest BCUT2D eigenvalue weighted by Crippen LogP contribution is 2.51. The zero-order chi connectivity index (χ0) is 35.4. The van der Waals surface area contributed by atoms with Gasteiger partial charge in [-0.3, -0.25) is 19.4 Å². The standard InChI is InChI=1S/C45H46N2O5/c48-37-16-10-13-32(26-37)25-34(33-14-6-2-7-15-33)19-20-41-42-35(29-51-38-17-8-3-9-18-38)27-39-43(40(42)30-52-41)45(50)47(44(39)49)36-21-23-46(24-22-36)28-31-11-4-1-5-12-31/h1-18,25-26,36,39-41,43,48H,19-24,27-30H2/b34-25-/t39-,40+,41-,43-/m1/s1. The summed E-state index contributed by atoms with van der Waals surface area (Å²) >= 11 is 0. The molecule has 4 aromatic rings. The van der Waals surface area contributed by atoms with Crippen molar-refractivity contribution in [3.63, 3.8) is 0 Å². The van der Waals surface area contributed by atoms with E-state index in [1.165, 1.54) is 5.56 Å². The molecule has 4 atom stereocenters. The number of carbonyl (C=O) groups is 2. The van der Waals surface area contributed by atoms with Crippen LogP contribution in [0.3, 0.4) is 0 Å². The van der Waals surface area contributed by atoms with Crippen LogP contribution in [-0.2, 0) is 20.9 Å². The van der Waals surface area contributed by atoms with E-state index < -0.39 is 5.92 Å². The highest BCUT2D eigenvalue weighted by Gasteiger charge is 2.58. The molecular weight excluding hydrogens is 649 g/mol. The van der Waals surface area contributed by atoms with Crippen LogP contribution >= 0.6 is 0 Å². The van der Waals surface area contributed by atoms with Crippen molar-refractivity contribution in [2.45, 2.75) is 50.8 Å². The molecule has 2 amide bonds. The molecule has 8 rings (SSSR count). The van der Waals surface area contributed by atoms with Gasteiger partial charge in [-0.05, 0) is 89.8 Å². The van der Waals surface area contributed by atoms with E-state index >= 15 is 0 Å². The Labute approximate surface area is 306 Å². The number of para-hydroxylation sites is 1. The summed E-state index contributed by atoms with van der Waals surface area (Å²) in [7, 11) is 0. The molecule has 0 unspecified atom stereocenters. The van der Waals surface area contributed by atoms with E-state index in [0.29, 0.717) is 19.6 Å². The summed E-state index contributed by atoms with van der Waals surface area (Å²) in [5.41, 5.74) is 6.73. The number of ether oxygens (including phenoxy) is 2. The number of phenols is 1.